The van der Waals surface area contributed by atoms with Crippen LogP contribution in [0.2, 0.25) is 0 Å². The third kappa shape index (κ3) is 4.00. The topological polar surface area (TPSA) is 49.3 Å². The fourth-order valence-corrected chi connectivity index (χ4v) is 2.52. The molecule has 0 aromatic heterocycles. The van der Waals surface area contributed by atoms with E-state index in [0.29, 0.717) is 12.6 Å². The number of rotatable bonds is 5. The van der Waals surface area contributed by atoms with E-state index in [4.69, 9.17) is 5.11 Å². The van der Waals surface area contributed by atoms with Gasteiger partial charge in [0.2, 0.25) is 0 Å². The number of carboxylic acid groups (broad SMARTS) is 1. The highest BCUT2D eigenvalue weighted by Crippen LogP contribution is 2.27. The van der Waals surface area contributed by atoms with Crippen molar-refractivity contribution in [2.24, 2.45) is 0 Å². The molecule has 1 fully saturated rings. The SMILES string of the molecule is CSC1CCC(NCCC(=O)O)C1. The maximum atomic E-state index is 10.2. The van der Waals surface area contributed by atoms with Crippen molar-refractivity contribution >= 4 is 17.7 Å². The molecule has 0 radical (unpaired) electrons. The molecule has 2 N–H and O–H groups in total. The largest absolute Gasteiger partial charge is 0.481 e. The van der Waals surface area contributed by atoms with Crippen LogP contribution in [0.4, 0.5) is 0 Å². The molecular weight excluding hydrogens is 186 g/mol. The maximum absolute atomic E-state index is 10.2. The Bertz CT molecular complexity index is 175. The normalized spacial score (nSPS) is 27.8. The standard InChI is InChI=1S/C9H17NO2S/c1-13-8-3-2-7(6-8)10-5-4-9(11)12/h7-8,10H,2-6H2,1H3,(H,11,12). The summed E-state index contributed by atoms with van der Waals surface area (Å²) < 4.78 is 0. The highest BCUT2D eigenvalue weighted by Gasteiger charge is 2.23. The second-order valence-corrected chi connectivity index (χ2v) is 4.60. The van der Waals surface area contributed by atoms with Gasteiger partial charge in [0, 0.05) is 17.8 Å². The monoisotopic (exact) mass is 203 g/mol. The average molecular weight is 203 g/mol. The van der Waals surface area contributed by atoms with Crippen LogP contribution in [0.15, 0.2) is 0 Å². The zero-order chi connectivity index (χ0) is 9.68. The molecule has 1 aliphatic carbocycles. The molecule has 0 aliphatic heterocycles. The molecule has 0 spiro atoms. The Morgan fingerprint density at radius 2 is 2.38 bits per heavy atom. The number of carboxylic acids is 1. The number of thioether (sulfide) groups is 1. The van der Waals surface area contributed by atoms with Gasteiger partial charge in [0.25, 0.3) is 0 Å². The average Bonchev–Trinajstić information content (AvgIpc) is 2.52. The minimum Gasteiger partial charge on any atom is -0.481 e. The van der Waals surface area contributed by atoms with Crippen LogP contribution in [-0.4, -0.2) is 35.2 Å². The maximum Gasteiger partial charge on any atom is 0.304 e. The quantitative estimate of drug-likeness (QED) is 0.708. The fourth-order valence-electron chi connectivity index (χ4n) is 1.72. The van der Waals surface area contributed by atoms with Gasteiger partial charge in [-0.25, -0.2) is 0 Å². The Balaban J connectivity index is 2.07. The van der Waals surface area contributed by atoms with Crippen LogP contribution in [0.25, 0.3) is 0 Å². The first kappa shape index (κ1) is 10.9. The van der Waals surface area contributed by atoms with Gasteiger partial charge in [-0.2, -0.15) is 11.8 Å². The number of carbonyl (C=O) groups is 1. The van der Waals surface area contributed by atoms with Gasteiger partial charge < -0.3 is 10.4 Å². The Morgan fingerprint density at radius 3 is 2.92 bits per heavy atom. The minimum absolute atomic E-state index is 0.237. The molecule has 2 atom stereocenters. The Labute approximate surface area is 83.3 Å². The predicted octanol–water partition coefficient (Wildman–Crippen LogP) is 1.33. The first-order valence-corrected chi connectivity index (χ1v) is 5.99. The molecule has 0 aromatic rings. The second kappa shape index (κ2) is 5.50. The van der Waals surface area contributed by atoms with Crippen LogP contribution >= 0.6 is 11.8 Å². The van der Waals surface area contributed by atoms with Gasteiger partial charge in [0.05, 0.1) is 6.42 Å². The van der Waals surface area contributed by atoms with E-state index in [2.05, 4.69) is 11.6 Å². The zero-order valence-corrected chi connectivity index (χ0v) is 8.77. The van der Waals surface area contributed by atoms with E-state index in [9.17, 15) is 4.79 Å². The van der Waals surface area contributed by atoms with Crippen molar-refractivity contribution in [1.29, 1.82) is 0 Å². The summed E-state index contributed by atoms with van der Waals surface area (Å²) in [6.45, 7) is 0.612. The summed E-state index contributed by atoms with van der Waals surface area (Å²) >= 11 is 1.92. The van der Waals surface area contributed by atoms with E-state index in [1.165, 1.54) is 19.3 Å². The lowest BCUT2D eigenvalue weighted by Gasteiger charge is -2.11. The molecule has 13 heavy (non-hydrogen) atoms. The number of nitrogens with one attached hydrogen (secondary N) is 1. The van der Waals surface area contributed by atoms with Crippen molar-refractivity contribution in [3.05, 3.63) is 0 Å². The number of aliphatic carboxylic acids is 1. The van der Waals surface area contributed by atoms with Crippen LogP contribution in [0.1, 0.15) is 25.7 Å². The van der Waals surface area contributed by atoms with Gasteiger partial charge in [-0.1, -0.05) is 0 Å². The van der Waals surface area contributed by atoms with Gasteiger partial charge >= 0.3 is 5.97 Å². The third-order valence-corrected chi connectivity index (χ3v) is 3.58. The van der Waals surface area contributed by atoms with Gasteiger partial charge in [0.15, 0.2) is 0 Å². The van der Waals surface area contributed by atoms with E-state index in [1.807, 2.05) is 11.8 Å². The first-order chi connectivity index (χ1) is 6.22. The van der Waals surface area contributed by atoms with Crippen molar-refractivity contribution in [3.8, 4) is 0 Å². The summed E-state index contributed by atoms with van der Waals surface area (Å²) in [5.74, 6) is -0.716. The molecule has 1 aliphatic rings. The van der Waals surface area contributed by atoms with Crippen molar-refractivity contribution in [3.63, 3.8) is 0 Å². The second-order valence-electron chi connectivity index (χ2n) is 3.47. The van der Waals surface area contributed by atoms with Crippen LogP contribution in [0, 0.1) is 0 Å². The van der Waals surface area contributed by atoms with Crippen LogP contribution < -0.4 is 5.32 Å². The summed E-state index contributed by atoms with van der Waals surface area (Å²) in [6, 6.07) is 0.553. The molecule has 3 nitrogen and oxygen atoms in total. The lowest BCUT2D eigenvalue weighted by molar-refractivity contribution is -0.136. The Hall–Kier alpha value is -0.220. The van der Waals surface area contributed by atoms with Crippen molar-refractivity contribution in [2.45, 2.75) is 37.0 Å². The van der Waals surface area contributed by atoms with Gasteiger partial charge in [-0.3, -0.25) is 4.79 Å². The summed E-state index contributed by atoms with van der Waals surface area (Å²) in [7, 11) is 0. The van der Waals surface area contributed by atoms with Crippen molar-refractivity contribution in [1.82, 2.24) is 5.32 Å². The van der Waals surface area contributed by atoms with E-state index in [-0.39, 0.29) is 6.42 Å². The van der Waals surface area contributed by atoms with E-state index < -0.39 is 5.97 Å². The molecule has 1 rings (SSSR count). The van der Waals surface area contributed by atoms with E-state index in [0.717, 1.165) is 5.25 Å². The van der Waals surface area contributed by atoms with Gasteiger partial charge in [-0.15, -0.1) is 0 Å². The molecular formula is C9H17NO2S. The molecule has 4 heteroatoms. The summed E-state index contributed by atoms with van der Waals surface area (Å²) in [5, 5.41) is 12.5. The molecule has 0 amide bonds. The number of hydrogen-bond donors (Lipinski definition) is 2. The fraction of sp³-hybridized carbons (Fsp3) is 0.889. The lowest BCUT2D eigenvalue weighted by Crippen LogP contribution is -2.28. The molecule has 76 valence electrons. The predicted molar refractivity (Wildman–Crippen MR) is 55.2 cm³/mol. The van der Waals surface area contributed by atoms with Crippen LogP contribution in [0.5, 0.6) is 0 Å². The van der Waals surface area contributed by atoms with Crippen LogP contribution in [0.3, 0.4) is 0 Å². The van der Waals surface area contributed by atoms with E-state index >= 15 is 0 Å². The smallest absolute Gasteiger partial charge is 0.304 e. The van der Waals surface area contributed by atoms with Crippen molar-refractivity contribution < 1.29 is 9.90 Å². The zero-order valence-electron chi connectivity index (χ0n) is 7.95. The van der Waals surface area contributed by atoms with Crippen molar-refractivity contribution in [2.75, 3.05) is 12.8 Å². The van der Waals surface area contributed by atoms with Crippen LogP contribution in [-0.2, 0) is 4.79 Å². The number of hydrogen-bond acceptors (Lipinski definition) is 3. The Morgan fingerprint density at radius 1 is 1.62 bits per heavy atom. The molecule has 0 aromatic carbocycles. The van der Waals surface area contributed by atoms with E-state index in [1.54, 1.807) is 0 Å². The first-order valence-electron chi connectivity index (χ1n) is 4.70. The lowest BCUT2D eigenvalue weighted by atomic mass is 10.2. The summed E-state index contributed by atoms with van der Waals surface area (Å²) in [6.07, 6.45) is 6.04. The molecule has 0 bridgehead atoms. The Kier molecular flexibility index (Phi) is 4.59. The molecule has 2 unspecified atom stereocenters. The third-order valence-electron chi connectivity index (χ3n) is 2.49. The summed E-state index contributed by atoms with van der Waals surface area (Å²) in [5.41, 5.74) is 0. The highest BCUT2D eigenvalue weighted by atomic mass is 32.2. The summed E-state index contributed by atoms with van der Waals surface area (Å²) in [4.78, 5) is 10.2. The molecule has 0 saturated heterocycles. The highest BCUT2D eigenvalue weighted by molar-refractivity contribution is 7.99. The minimum atomic E-state index is -0.716. The molecule has 0 heterocycles. The molecule has 1 saturated carbocycles. The van der Waals surface area contributed by atoms with Gasteiger partial charge in [0.1, 0.15) is 0 Å². The van der Waals surface area contributed by atoms with Gasteiger partial charge in [-0.05, 0) is 25.5 Å².